The molecule has 0 N–H and O–H groups in total. The molecule has 0 saturated heterocycles. The quantitative estimate of drug-likeness (QED) is 0.434. The number of benzene rings is 1. The van der Waals surface area contributed by atoms with Crippen LogP contribution >= 0.6 is 11.6 Å². The maximum absolute atomic E-state index is 11.4. The number of carbonyl (C=O) groups excluding carboxylic acids is 1. The van der Waals surface area contributed by atoms with Gasteiger partial charge in [-0.25, -0.2) is 4.79 Å². The molecular formula is C11H11ClO2. The van der Waals surface area contributed by atoms with Crippen molar-refractivity contribution in [2.24, 2.45) is 0 Å². The molecule has 1 atom stereocenters. The highest BCUT2D eigenvalue weighted by Gasteiger charge is 2.11. The lowest BCUT2D eigenvalue weighted by Crippen LogP contribution is -2.17. The van der Waals surface area contributed by atoms with Crippen LogP contribution in [0.4, 0.5) is 0 Å². The number of ether oxygens (including phenoxy) is 1. The Kier molecular flexibility index (Phi) is 4.20. The van der Waals surface area contributed by atoms with Crippen LogP contribution in [0.25, 0.3) is 0 Å². The van der Waals surface area contributed by atoms with Crippen LogP contribution in [-0.4, -0.2) is 18.0 Å². The Bertz CT molecular complexity index is 308. The third-order valence-electron chi connectivity index (χ3n) is 1.68. The van der Waals surface area contributed by atoms with Crippen LogP contribution in [0, 0.1) is 0 Å². The minimum Gasteiger partial charge on any atom is -0.453 e. The van der Waals surface area contributed by atoms with Gasteiger partial charge >= 0.3 is 5.97 Å². The molecule has 0 aromatic heterocycles. The van der Waals surface area contributed by atoms with E-state index in [1.807, 2.05) is 6.07 Å². The highest BCUT2D eigenvalue weighted by atomic mass is 35.5. The molecule has 3 heteroatoms. The summed E-state index contributed by atoms with van der Waals surface area (Å²) in [6.45, 7) is 3.52. The summed E-state index contributed by atoms with van der Waals surface area (Å²) in [6, 6.07) is 8.77. The van der Waals surface area contributed by atoms with E-state index in [1.165, 1.54) is 6.08 Å². The van der Waals surface area contributed by atoms with Crippen molar-refractivity contribution < 1.29 is 9.53 Å². The molecule has 0 saturated carbocycles. The molecule has 0 aliphatic heterocycles. The molecule has 1 aromatic rings. The maximum atomic E-state index is 11.4. The number of halogens is 1. The Morgan fingerprint density at radius 1 is 1.50 bits per heavy atom. The van der Waals surface area contributed by atoms with Gasteiger partial charge in [0.1, 0.15) is 6.10 Å². The molecule has 14 heavy (non-hydrogen) atoms. The van der Waals surface area contributed by atoms with E-state index in [4.69, 9.17) is 16.3 Å². The summed E-state index contributed by atoms with van der Waals surface area (Å²) in [4.78, 5) is 11.4. The summed E-state index contributed by atoms with van der Waals surface area (Å²) < 4.78 is 5.05. The molecule has 2 nitrogen and oxygen atoms in total. The summed E-state index contributed by atoms with van der Waals surface area (Å²) in [5.41, 5.74) is 0.518. The van der Waals surface area contributed by atoms with Crippen molar-refractivity contribution in [3.8, 4) is 0 Å². The van der Waals surface area contributed by atoms with Gasteiger partial charge < -0.3 is 4.74 Å². The largest absolute Gasteiger partial charge is 0.453 e. The van der Waals surface area contributed by atoms with Crippen molar-refractivity contribution in [2.45, 2.75) is 6.10 Å². The molecule has 0 amide bonds. The first-order valence-electron chi connectivity index (χ1n) is 4.22. The van der Waals surface area contributed by atoms with Gasteiger partial charge in [0.05, 0.1) is 11.4 Å². The Hall–Kier alpha value is -1.28. The van der Waals surface area contributed by atoms with Crippen LogP contribution < -0.4 is 0 Å². The fourth-order valence-electron chi connectivity index (χ4n) is 0.922. The molecular weight excluding hydrogens is 200 g/mol. The van der Waals surface area contributed by atoms with Gasteiger partial charge in [0.25, 0.3) is 0 Å². The van der Waals surface area contributed by atoms with Crippen LogP contribution in [0.1, 0.15) is 10.4 Å². The highest BCUT2D eigenvalue weighted by Crippen LogP contribution is 2.05. The zero-order valence-corrected chi connectivity index (χ0v) is 8.41. The predicted octanol–water partition coefficient (Wildman–Crippen LogP) is 2.64. The van der Waals surface area contributed by atoms with Gasteiger partial charge in [-0.05, 0) is 12.1 Å². The van der Waals surface area contributed by atoms with Crippen LogP contribution in [0.2, 0.25) is 0 Å². The van der Waals surface area contributed by atoms with Gasteiger partial charge in [-0.3, -0.25) is 0 Å². The zero-order chi connectivity index (χ0) is 10.4. The molecule has 1 aromatic carbocycles. The summed E-state index contributed by atoms with van der Waals surface area (Å²) in [5.74, 6) is -0.154. The number of rotatable bonds is 4. The monoisotopic (exact) mass is 210 g/mol. The van der Waals surface area contributed by atoms with E-state index in [1.54, 1.807) is 24.3 Å². The smallest absolute Gasteiger partial charge is 0.338 e. The Balaban J connectivity index is 2.63. The van der Waals surface area contributed by atoms with E-state index in [0.717, 1.165) is 0 Å². The van der Waals surface area contributed by atoms with Gasteiger partial charge in [0.2, 0.25) is 0 Å². The molecule has 0 spiro atoms. The van der Waals surface area contributed by atoms with Crippen molar-refractivity contribution in [1.82, 2.24) is 0 Å². The minimum absolute atomic E-state index is 0.224. The van der Waals surface area contributed by atoms with Gasteiger partial charge in [0, 0.05) is 0 Å². The van der Waals surface area contributed by atoms with Crippen molar-refractivity contribution >= 4 is 17.6 Å². The average molecular weight is 211 g/mol. The molecule has 0 radical (unpaired) electrons. The molecule has 0 aliphatic carbocycles. The molecule has 1 unspecified atom stereocenters. The summed E-state index contributed by atoms with van der Waals surface area (Å²) in [7, 11) is 0. The lowest BCUT2D eigenvalue weighted by molar-refractivity contribution is 0.0430. The topological polar surface area (TPSA) is 26.3 Å². The van der Waals surface area contributed by atoms with E-state index in [0.29, 0.717) is 5.56 Å². The van der Waals surface area contributed by atoms with Crippen molar-refractivity contribution in [3.05, 3.63) is 48.6 Å². The second-order valence-corrected chi connectivity index (χ2v) is 3.01. The van der Waals surface area contributed by atoms with Gasteiger partial charge in [0.15, 0.2) is 0 Å². The second kappa shape index (κ2) is 5.45. The van der Waals surface area contributed by atoms with E-state index in [-0.39, 0.29) is 11.8 Å². The normalized spacial score (nSPS) is 11.8. The van der Waals surface area contributed by atoms with E-state index in [9.17, 15) is 4.79 Å². The number of esters is 1. The third-order valence-corrected chi connectivity index (χ3v) is 1.99. The lowest BCUT2D eigenvalue weighted by Gasteiger charge is -2.10. The molecule has 0 aliphatic rings. The first kappa shape index (κ1) is 10.8. The Labute approximate surface area is 88.1 Å². The van der Waals surface area contributed by atoms with Crippen LogP contribution in [0.5, 0.6) is 0 Å². The Morgan fingerprint density at radius 2 is 2.14 bits per heavy atom. The van der Waals surface area contributed by atoms with Crippen molar-refractivity contribution in [1.29, 1.82) is 0 Å². The van der Waals surface area contributed by atoms with E-state index in [2.05, 4.69) is 6.58 Å². The summed E-state index contributed by atoms with van der Waals surface area (Å²) in [6.07, 6.45) is 1.08. The number of hydrogen-bond acceptors (Lipinski definition) is 2. The number of carbonyl (C=O) groups is 1. The molecule has 0 heterocycles. The summed E-state index contributed by atoms with van der Waals surface area (Å²) >= 11 is 5.55. The molecule has 1 rings (SSSR count). The van der Waals surface area contributed by atoms with Crippen LogP contribution in [-0.2, 0) is 4.74 Å². The second-order valence-electron chi connectivity index (χ2n) is 2.70. The van der Waals surface area contributed by atoms with Crippen molar-refractivity contribution in [2.75, 3.05) is 5.88 Å². The standard InChI is InChI=1S/C11H11ClO2/c1-2-10(8-12)14-11(13)9-6-4-3-5-7-9/h2-7,10H,1,8H2. The van der Waals surface area contributed by atoms with Crippen LogP contribution in [0.15, 0.2) is 43.0 Å². The first-order valence-corrected chi connectivity index (χ1v) is 4.76. The predicted molar refractivity (Wildman–Crippen MR) is 56.6 cm³/mol. The first-order chi connectivity index (χ1) is 6.77. The maximum Gasteiger partial charge on any atom is 0.338 e. The average Bonchev–Trinajstić information content (AvgIpc) is 2.26. The fourth-order valence-corrected chi connectivity index (χ4v) is 1.11. The highest BCUT2D eigenvalue weighted by molar-refractivity contribution is 6.18. The lowest BCUT2D eigenvalue weighted by atomic mass is 10.2. The molecule has 74 valence electrons. The van der Waals surface area contributed by atoms with Crippen molar-refractivity contribution in [3.63, 3.8) is 0 Å². The third kappa shape index (κ3) is 2.89. The zero-order valence-electron chi connectivity index (χ0n) is 7.65. The van der Waals surface area contributed by atoms with Gasteiger partial charge in [-0.1, -0.05) is 30.9 Å². The van der Waals surface area contributed by atoms with Crippen LogP contribution in [0.3, 0.4) is 0 Å². The van der Waals surface area contributed by atoms with Gasteiger partial charge in [-0.15, -0.1) is 11.6 Å². The van der Waals surface area contributed by atoms with E-state index >= 15 is 0 Å². The minimum atomic E-state index is -0.427. The SMILES string of the molecule is C=CC(CCl)OC(=O)c1ccccc1. The summed E-state index contributed by atoms with van der Waals surface area (Å²) in [5, 5.41) is 0. The number of alkyl halides is 1. The molecule has 0 fully saturated rings. The molecule has 0 bridgehead atoms. The van der Waals surface area contributed by atoms with Gasteiger partial charge in [-0.2, -0.15) is 0 Å². The van der Waals surface area contributed by atoms with E-state index < -0.39 is 6.10 Å². The number of hydrogen-bond donors (Lipinski definition) is 0. The fraction of sp³-hybridized carbons (Fsp3) is 0.182. The Morgan fingerprint density at radius 3 is 2.64 bits per heavy atom.